The van der Waals surface area contributed by atoms with Crippen LogP contribution in [0.5, 0.6) is 0 Å². The predicted octanol–water partition coefficient (Wildman–Crippen LogP) is 5.96. The van der Waals surface area contributed by atoms with Crippen LogP contribution in [0, 0.1) is 6.92 Å². The molecule has 5 aromatic rings. The Hall–Kier alpha value is -4.01. The van der Waals surface area contributed by atoms with Crippen LogP contribution < -0.4 is 5.32 Å². The predicted molar refractivity (Wildman–Crippen MR) is 136 cm³/mol. The highest BCUT2D eigenvalue weighted by Crippen LogP contribution is 2.31. The van der Waals surface area contributed by atoms with Crippen molar-refractivity contribution in [1.29, 1.82) is 0 Å². The van der Waals surface area contributed by atoms with E-state index in [0.29, 0.717) is 16.8 Å². The van der Waals surface area contributed by atoms with E-state index >= 15 is 0 Å². The number of anilines is 1. The average molecular weight is 487 g/mol. The minimum absolute atomic E-state index is 0.0382. The van der Waals surface area contributed by atoms with Gasteiger partial charge < -0.3 is 19.2 Å². The lowest BCUT2D eigenvalue weighted by Crippen LogP contribution is -2.21. The van der Waals surface area contributed by atoms with Gasteiger partial charge in [-0.25, -0.2) is 9.78 Å². The van der Waals surface area contributed by atoms with Gasteiger partial charge in [0.2, 0.25) is 5.76 Å². The topological polar surface area (TPSA) is 90.7 Å². The highest BCUT2D eigenvalue weighted by Gasteiger charge is 2.22. The van der Waals surface area contributed by atoms with E-state index in [2.05, 4.69) is 23.3 Å². The Bertz CT molecular complexity index is 1530. The van der Waals surface area contributed by atoms with E-state index in [1.54, 1.807) is 29.5 Å². The molecule has 0 atom stereocenters. The maximum absolute atomic E-state index is 12.6. The lowest BCUT2D eigenvalue weighted by molar-refractivity contribution is -0.119. The van der Waals surface area contributed by atoms with Crippen LogP contribution in [-0.4, -0.2) is 30.6 Å². The number of esters is 1. The molecule has 0 saturated carbocycles. The molecule has 0 spiro atoms. The smallest absolute Gasteiger partial charge is 0.375 e. The van der Waals surface area contributed by atoms with Gasteiger partial charge >= 0.3 is 5.97 Å². The number of carbonyl (C=O) groups excluding carboxylic acids is 2. The second kappa shape index (κ2) is 9.69. The van der Waals surface area contributed by atoms with Gasteiger partial charge in [-0.2, -0.15) is 0 Å². The maximum Gasteiger partial charge on any atom is 0.375 e. The van der Waals surface area contributed by atoms with Gasteiger partial charge in [0, 0.05) is 29.3 Å². The zero-order chi connectivity index (χ0) is 24.4. The van der Waals surface area contributed by atoms with E-state index in [4.69, 9.17) is 13.9 Å². The van der Waals surface area contributed by atoms with Crippen LogP contribution in [0.15, 0.2) is 71.1 Å². The van der Waals surface area contributed by atoms with Crippen LogP contribution in [0.1, 0.15) is 21.7 Å². The number of para-hydroxylation sites is 1. The van der Waals surface area contributed by atoms with E-state index in [0.717, 1.165) is 26.2 Å². The minimum Gasteiger partial charge on any atom is -0.450 e. The van der Waals surface area contributed by atoms with E-state index in [9.17, 15) is 9.59 Å². The van der Waals surface area contributed by atoms with Crippen LogP contribution >= 0.6 is 11.3 Å². The molecule has 0 fully saturated rings. The van der Waals surface area contributed by atoms with Crippen molar-refractivity contribution in [3.63, 3.8) is 0 Å². The lowest BCUT2D eigenvalue weighted by Gasteiger charge is -2.07. The van der Waals surface area contributed by atoms with Gasteiger partial charge in [-0.3, -0.25) is 4.79 Å². The van der Waals surface area contributed by atoms with Crippen molar-refractivity contribution >= 4 is 50.1 Å². The van der Waals surface area contributed by atoms with E-state index < -0.39 is 18.5 Å². The summed E-state index contributed by atoms with van der Waals surface area (Å²) >= 11 is 1.63. The first-order valence-corrected chi connectivity index (χ1v) is 11.8. The molecule has 0 radical (unpaired) electrons. The van der Waals surface area contributed by atoms with E-state index in [-0.39, 0.29) is 12.4 Å². The van der Waals surface area contributed by atoms with Crippen LogP contribution in [0.25, 0.3) is 31.8 Å². The Morgan fingerprint density at radius 3 is 2.66 bits per heavy atom. The molecule has 3 aromatic carbocycles. The maximum atomic E-state index is 12.6. The Kier molecular flexibility index (Phi) is 6.31. The fourth-order valence-electron chi connectivity index (χ4n) is 3.80. The van der Waals surface area contributed by atoms with Crippen molar-refractivity contribution < 1.29 is 23.5 Å². The standard InChI is InChI=1S/C27H22N2O5S/c1-16-7-12-21-23(13-16)35-26(29-21)17-8-10-18(11-9-17)28-24(30)15-33-27(31)25-20(14-32-2)19-5-3-4-6-22(19)34-25/h3-13H,14-15H2,1-2H3,(H,28,30). The number of rotatable bonds is 7. The highest BCUT2D eigenvalue weighted by molar-refractivity contribution is 7.21. The van der Waals surface area contributed by atoms with Gasteiger partial charge in [0.1, 0.15) is 10.6 Å². The number of carbonyl (C=O) groups is 2. The first kappa shape index (κ1) is 22.8. The Morgan fingerprint density at radius 2 is 1.86 bits per heavy atom. The van der Waals surface area contributed by atoms with Crippen LogP contribution in [0.3, 0.4) is 0 Å². The van der Waals surface area contributed by atoms with Gasteiger partial charge in [-0.15, -0.1) is 11.3 Å². The molecule has 1 amide bonds. The van der Waals surface area contributed by atoms with Crippen molar-refractivity contribution in [3.05, 3.63) is 83.6 Å². The number of methoxy groups -OCH3 is 1. The van der Waals surface area contributed by atoms with Crippen molar-refractivity contribution in [2.75, 3.05) is 19.0 Å². The summed E-state index contributed by atoms with van der Waals surface area (Å²) < 4.78 is 17.2. The molecule has 0 aliphatic carbocycles. The molecule has 8 heteroatoms. The molecule has 0 unspecified atom stereocenters. The van der Waals surface area contributed by atoms with Gasteiger partial charge in [-0.05, 0) is 55.0 Å². The van der Waals surface area contributed by atoms with Crippen molar-refractivity contribution in [2.24, 2.45) is 0 Å². The number of benzene rings is 3. The number of aromatic nitrogens is 1. The molecular weight excluding hydrogens is 464 g/mol. The van der Waals surface area contributed by atoms with Gasteiger partial charge in [0.15, 0.2) is 6.61 Å². The van der Waals surface area contributed by atoms with Crippen molar-refractivity contribution in [2.45, 2.75) is 13.5 Å². The summed E-state index contributed by atoms with van der Waals surface area (Å²) in [6, 6.07) is 20.8. The number of nitrogens with zero attached hydrogens (tertiary/aromatic N) is 1. The molecule has 0 saturated heterocycles. The lowest BCUT2D eigenvalue weighted by atomic mass is 10.1. The summed E-state index contributed by atoms with van der Waals surface area (Å²) in [5, 5.41) is 4.42. The Labute approximate surface area is 205 Å². The average Bonchev–Trinajstić information content (AvgIpc) is 3.45. The number of hydrogen-bond donors (Lipinski definition) is 1. The van der Waals surface area contributed by atoms with Gasteiger partial charge in [0.25, 0.3) is 5.91 Å². The summed E-state index contributed by atoms with van der Waals surface area (Å²) in [5.41, 5.74) is 4.86. The Morgan fingerprint density at radius 1 is 1.06 bits per heavy atom. The van der Waals surface area contributed by atoms with Crippen LogP contribution in [0.4, 0.5) is 5.69 Å². The molecule has 7 nitrogen and oxygen atoms in total. The second-order valence-electron chi connectivity index (χ2n) is 8.03. The fraction of sp³-hybridized carbons (Fsp3) is 0.148. The number of fused-ring (bicyclic) bond motifs is 2. The number of furan rings is 1. The molecule has 5 rings (SSSR count). The normalized spacial score (nSPS) is 11.1. The van der Waals surface area contributed by atoms with Crippen molar-refractivity contribution in [3.8, 4) is 10.6 Å². The van der Waals surface area contributed by atoms with Gasteiger partial charge in [0.05, 0.1) is 16.8 Å². The first-order chi connectivity index (χ1) is 17.0. The number of nitrogens with one attached hydrogen (secondary N) is 1. The molecule has 0 aliphatic rings. The molecule has 35 heavy (non-hydrogen) atoms. The molecule has 0 aliphatic heterocycles. The second-order valence-corrected chi connectivity index (χ2v) is 9.06. The fourth-order valence-corrected chi connectivity index (χ4v) is 4.87. The van der Waals surface area contributed by atoms with E-state index in [1.165, 1.54) is 12.7 Å². The molecule has 0 bridgehead atoms. The molecule has 176 valence electrons. The number of hydrogen-bond acceptors (Lipinski definition) is 7. The third-order valence-corrected chi connectivity index (χ3v) is 6.53. The highest BCUT2D eigenvalue weighted by atomic mass is 32.1. The SMILES string of the molecule is COCc1c(C(=O)OCC(=O)Nc2ccc(-c3nc4ccc(C)cc4s3)cc2)oc2ccccc12. The quantitative estimate of drug-likeness (QED) is 0.286. The summed E-state index contributed by atoms with van der Waals surface area (Å²) in [6.07, 6.45) is 0. The number of ether oxygens (including phenoxy) is 2. The number of aryl methyl sites for hydroxylation is 1. The molecular formula is C27H22N2O5S. The number of amides is 1. The molecule has 1 N–H and O–H groups in total. The molecule has 2 aromatic heterocycles. The summed E-state index contributed by atoms with van der Waals surface area (Å²) in [6.45, 7) is 1.80. The monoisotopic (exact) mass is 486 g/mol. The Balaban J connectivity index is 1.22. The largest absolute Gasteiger partial charge is 0.450 e. The number of thiazole rings is 1. The third kappa shape index (κ3) is 4.80. The van der Waals surface area contributed by atoms with Gasteiger partial charge in [-0.1, -0.05) is 24.3 Å². The summed E-state index contributed by atoms with van der Waals surface area (Å²) in [5.74, 6) is -1.13. The van der Waals surface area contributed by atoms with Crippen LogP contribution in [0.2, 0.25) is 0 Å². The minimum atomic E-state index is -0.718. The first-order valence-electron chi connectivity index (χ1n) is 11.0. The molecule has 2 heterocycles. The van der Waals surface area contributed by atoms with Crippen LogP contribution in [-0.2, 0) is 20.9 Å². The zero-order valence-corrected chi connectivity index (χ0v) is 20.0. The van der Waals surface area contributed by atoms with Crippen molar-refractivity contribution in [1.82, 2.24) is 4.98 Å². The summed E-state index contributed by atoms with van der Waals surface area (Å²) in [7, 11) is 1.54. The zero-order valence-electron chi connectivity index (χ0n) is 19.2. The third-order valence-electron chi connectivity index (χ3n) is 5.47. The van der Waals surface area contributed by atoms with E-state index in [1.807, 2.05) is 42.5 Å². The summed E-state index contributed by atoms with van der Waals surface area (Å²) in [4.78, 5) is 29.7.